The minimum Gasteiger partial charge on any atom is -0.497 e. The lowest BCUT2D eigenvalue weighted by Crippen LogP contribution is -2.04. The monoisotopic (exact) mass is 346 g/mol. The zero-order chi connectivity index (χ0) is 16.2. The van der Waals surface area contributed by atoms with Crippen LogP contribution in [0.2, 0.25) is 0 Å². The molecule has 0 saturated carbocycles. The normalized spacial score (nSPS) is 23.7. The molecule has 0 N–H and O–H groups in total. The van der Waals surface area contributed by atoms with Crippen LogP contribution >= 0.6 is 23.5 Å². The molecule has 1 fully saturated rings. The highest BCUT2D eigenvalue weighted by molar-refractivity contribution is 8.20. The van der Waals surface area contributed by atoms with Gasteiger partial charge in [0.05, 0.1) is 11.7 Å². The van der Waals surface area contributed by atoms with E-state index < -0.39 is 0 Å². The molecule has 1 saturated heterocycles. The van der Waals surface area contributed by atoms with Crippen molar-refractivity contribution in [2.75, 3.05) is 7.11 Å². The Morgan fingerprint density at radius 2 is 1.39 bits per heavy atom. The van der Waals surface area contributed by atoms with Gasteiger partial charge in [-0.15, -0.1) is 23.5 Å². The Morgan fingerprint density at radius 3 is 1.96 bits per heavy atom. The van der Waals surface area contributed by atoms with E-state index in [0.29, 0.717) is 11.2 Å². The minimum atomic E-state index is 0.552. The molecule has 2 nitrogen and oxygen atoms in total. The van der Waals surface area contributed by atoms with Crippen LogP contribution in [0.3, 0.4) is 0 Å². The molecule has 1 aliphatic rings. The molecule has 0 spiro atoms. The van der Waals surface area contributed by atoms with E-state index in [1.54, 1.807) is 7.11 Å². The van der Waals surface area contributed by atoms with Crippen molar-refractivity contribution < 1.29 is 9.47 Å². The van der Waals surface area contributed by atoms with Gasteiger partial charge >= 0.3 is 0 Å². The first-order valence-electron chi connectivity index (χ1n) is 7.82. The number of methoxy groups -OCH3 is 1. The van der Waals surface area contributed by atoms with Gasteiger partial charge in [0.1, 0.15) is 18.1 Å². The van der Waals surface area contributed by atoms with E-state index in [9.17, 15) is 0 Å². The number of ether oxygens (including phenoxy) is 2. The molecule has 0 bridgehead atoms. The van der Waals surface area contributed by atoms with Gasteiger partial charge in [0.25, 0.3) is 0 Å². The van der Waals surface area contributed by atoms with Crippen LogP contribution in [-0.4, -0.2) is 17.6 Å². The fourth-order valence-corrected chi connectivity index (χ4v) is 5.95. The summed E-state index contributed by atoms with van der Waals surface area (Å²) in [5.41, 5.74) is 2.52. The lowest BCUT2D eigenvalue weighted by molar-refractivity contribution is 0.306. The number of hydrogen-bond acceptors (Lipinski definition) is 4. The number of rotatable bonds is 5. The van der Waals surface area contributed by atoms with Gasteiger partial charge in [0, 0.05) is 10.5 Å². The molecule has 1 aliphatic heterocycles. The van der Waals surface area contributed by atoms with Crippen LogP contribution in [0.5, 0.6) is 11.5 Å². The van der Waals surface area contributed by atoms with Gasteiger partial charge in [0.2, 0.25) is 0 Å². The Bertz CT molecular complexity index is 615. The number of hydrogen-bond donors (Lipinski definition) is 0. The Kier molecular flexibility index (Phi) is 5.44. The van der Waals surface area contributed by atoms with Crippen LogP contribution in [-0.2, 0) is 6.61 Å². The van der Waals surface area contributed by atoms with Crippen molar-refractivity contribution in [3.05, 3.63) is 59.7 Å². The summed E-state index contributed by atoms with van der Waals surface area (Å²) in [6.45, 7) is 5.20. The van der Waals surface area contributed by atoms with E-state index in [0.717, 1.165) is 27.6 Å². The highest BCUT2D eigenvalue weighted by atomic mass is 32.2. The quantitative estimate of drug-likeness (QED) is 0.708. The van der Waals surface area contributed by atoms with Crippen LogP contribution in [0.4, 0.5) is 0 Å². The molecular formula is C19H22O2S2. The lowest BCUT2D eigenvalue weighted by atomic mass is 10.2. The second-order valence-corrected chi connectivity index (χ2v) is 8.99. The summed E-state index contributed by atoms with van der Waals surface area (Å²) >= 11 is 4.11. The highest BCUT2D eigenvalue weighted by Crippen LogP contribution is 2.53. The largest absolute Gasteiger partial charge is 0.497 e. The van der Waals surface area contributed by atoms with Gasteiger partial charge in [0.15, 0.2) is 0 Å². The summed E-state index contributed by atoms with van der Waals surface area (Å²) in [5, 5.41) is 1.44. The van der Waals surface area contributed by atoms with E-state index in [4.69, 9.17) is 9.47 Å². The Labute approximate surface area is 147 Å². The zero-order valence-electron chi connectivity index (χ0n) is 13.7. The van der Waals surface area contributed by atoms with Crippen LogP contribution in [0.25, 0.3) is 0 Å². The molecule has 3 rings (SSSR count). The van der Waals surface area contributed by atoms with Gasteiger partial charge in [-0.05, 0) is 35.4 Å². The molecule has 0 aliphatic carbocycles. The molecule has 2 aromatic rings. The first kappa shape index (κ1) is 16.6. The third-order valence-electron chi connectivity index (χ3n) is 4.05. The highest BCUT2D eigenvalue weighted by Gasteiger charge is 2.30. The fourth-order valence-electron chi connectivity index (χ4n) is 2.41. The Hall–Kier alpha value is -1.26. The SMILES string of the molecule is COc1ccc(COc2ccc(C3SC(C)C(C)S3)cc2)cc1. The topological polar surface area (TPSA) is 18.5 Å². The average molecular weight is 347 g/mol. The van der Waals surface area contributed by atoms with Crippen LogP contribution < -0.4 is 9.47 Å². The predicted molar refractivity (Wildman–Crippen MR) is 101 cm³/mol. The maximum absolute atomic E-state index is 5.87. The molecule has 122 valence electrons. The predicted octanol–water partition coefficient (Wildman–Crippen LogP) is 5.53. The molecule has 23 heavy (non-hydrogen) atoms. The van der Waals surface area contributed by atoms with Gasteiger partial charge in [-0.2, -0.15) is 0 Å². The smallest absolute Gasteiger partial charge is 0.119 e. The number of thioether (sulfide) groups is 2. The van der Waals surface area contributed by atoms with Crippen molar-refractivity contribution >= 4 is 23.5 Å². The summed E-state index contributed by atoms with van der Waals surface area (Å²) in [7, 11) is 1.68. The molecular weight excluding hydrogens is 324 g/mol. The van der Waals surface area contributed by atoms with E-state index >= 15 is 0 Å². The van der Waals surface area contributed by atoms with Crippen molar-refractivity contribution in [1.29, 1.82) is 0 Å². The average Bonchev–Trinajstić information content (AvgIpc) is 2.93. The van der Waals surface area contributed by atoms with Gasteiger partial charge < -0.3 is 9.47 Å². The summed E-state index contributed by atoms with van der Waals surface area (Å²) in [6, 6.07) is 16.5. The first-order valence-corrected chi connectivity index (χ1v) is 9.71. The summed E-state index contributed by atoms with van der Waals surface area (Å²) in [4.78, 5) is 0. The summed E-state index contributed by atoms with van der Waals surface area (Å²) in [5.74, 6) is 1.78. The first-order chi connectivity index (χ1) is 11.2. The third-order valence-corrected chi connectivity index (χ3v) is 7.61. The molecule has 4 heteroatoms. The zero-order valence-corrected chi connectivity index (χ0v) is 15.3. The molecule has 0 amide bonds. The molecule has 0 aromatic heterocycles. The lowest BCUT2D eigenvalue weighted by Gasteiger charge is -2.11. The van der Waals surface area contributed by atoms with Crippen molar-refractivity contribution in [3.8, 4) is 11.5 Å². The minimum absolute atomic E-state index is 0.552. The van der Waals surface area contributed by atoms with Crippen molar-refractivity contribution in [2.45, 2.75) is 35.5 Å². The van der Waals surface area contributed by atoms with Gasteiger partial charge in [-0.1, -0.05) is 38.1 Å². The van der Waals surface area contributed by atoms with E-state index in [1.807, 2.05) is 24.3 Å². The standard InChI is InChI=1S/C19H22O2S2/c1-13-14(2)23-19(22-13)16-6-10-18(11-7-16)21-12-15-4-8-17(20-3)9-5-15/h4-11,13-14,19H,12H2,1-3H3. The summed E-state index contributed by atoms with van der Waals surface area (Å²) in [6.07, 6.45) is 0. The molecule has 2 aromatic carbocycles. The van der Waals surface area contributed by atoms with E-state index in [2.05, 4.69) is 61.6 Å². The summed E-state index contributed by atoms with van der Waals surface area (Å²) < 4.78 is 11.6. The van der Waals surface area contributed by atoms with Crippen LogP contribution in [0, 0.1) is 0 Å². The van der Waals surface area contributed by atoms with Gasteiger partial charge in [-0.3, -0.25) is 0 Å². The maximum Gasteiger partial charge on any atom is 0.119 e. The second-order valence-electron chi connectivity index (χ2n) is 5.72. The Morgan fingerprint density at radius 1 is 0.826 bits per heavy atom. The molecule has 2 atom stereocenters. The van der Waals surface area contributed by atoms with Crippen LogP contribution in [0.15, 0.2) is 48.5 Å². The van der Waals surface area contributed by atoms with Crippen molar-refractivity contribution in [2.24, 2.45) is 0 Å². The molecule has 1 heterocycles. The Balaban J connectivity index is 1.57. The van der Waals surface area contributed by atoms with Crippen molar-refractivity contribution in [1.82, 2.24) is 0 Å². The van der Waals surface area contributed by atoms with Gasteiger partial charge in [-0.25, -0.2) is 0 Å². The van der Waals surface area contributed by atoms with Crippen LogP contribution in [0.1, 0.15) is 29.6 Å². The number of benzene rings is 2. The maximum atomic E-state index is 5.87. The fraction of sp³-hybridized carbons (Fsp3) is 0.368. The van der Waals surface area contributed by atoms with E-state index in [-0.39, 0.29) is 0 Å². The van der Waals surface area contributed by atoms with Crippen molar-refractivity contribution in [3.63, 3.8) is 0 Å². The van der Waals surface area contributed by atoms with E-state index in [1.165, 1.54) is 5.56 Å². The third kappa shape index (κ3) is 4.18. The molecule has 2 unspecified atom stereocenters. The molecule has 0 radical (unpaired) electrons. The second kappa shape index (κ2) is 7.54.